The van der Waals surface area contributed by atoms with Crippen LogP contribution in [0.25, 0.3) is 11.1 Å². The van der Waals surface area contributed by atoms with Gasteiger partial charge in [-0.15, -0.1) is 0 Å². The number of piperidine rings is 1. The van der Waals surface area contributed by atoms with E-state index in [1.54, 1.807) is 6.33 Å². The van der Waals surface area contributed by atoms with Crippen molar-refractivity contribution in [2.75, 3.05) is 13.1 Å². The van der Waals surface area contributed by atoms with Crippen molar-refractivity contribution < 1.29 is 4.79 Å². The van der Waals surface area contributed by atoms with Gasteiger partial charge in [0.05, 0.1) is 12.5 Å². The van der Waals surface area contributed by atoms with E-state index in [0.29, 0.717) is 12.2 Å². The quantitative estimate of drug-likeness (QED) is 0.772. The van der Waals surface area contributed by atoms with Gasteiger partial charge in [-0.3, -0.25) is 9.89 Å². The molecule has 0 unspecified atom stereocenters. The number of nitrogens with one attached hydrogen (secondary N) is 2. The summed E-state index contributed by atoms with van der Waals surface area (Å²) >= 11 is 0. The molecule has 6 nitrogen and oxygen atoms in total. The van der Waals surface area contributed by atoms with E-state index in [1.165, 1.54) is 0 Å². The van der Waals surface area contributed by atoms with Crippen LogP contribution in [-0.2, 0) is 0 Å². The molecule has 4 rings (SSSR count). The van der Waals surface area contributed by atoms with Crippen LogP contribution in [-0.4, -0.2) is 44.1 Å². The van der Waals surface area contributed by atoms with Crippen LogP contribution in [0.4, 0.5) is 0 Å². The minimum Gasteiger partial charge on any atom is -0.348 e. The summed E-state index contributed by atoms with van der Waals surface area (Å²) in [6, 6.07) is 10.3. The van der Waals surface area contributed by atoms with E-state index < -0.39 is 0 Å². The minimum absolute atomic E-state index is 0.00391. The number of aromatic nitrogens is 4. The average molecular weight is 335 g/mol. The van der Waals surface area contributed by atoms with Crippen LogP contribution in [0.2, 0.25) is 0 Å². The van der Waals surface area contributed by atoms with Crippen LogP contribution in [0.5, 0.6) is 0 Å². The molecule has 0 saturated carbocycles. The highest BCUT2D eigenvalue weighted by Gasteiger charge is 2.29. The van der Waals surface area contributed by atoms with Gasteiger partial charge in [0.2, 0.25) is 0 Å². The normalized spacial score (nSPS) is 17.6. The molecule has 1 atom stereocenters. The second kappa shape index (κ2) is 6.55. The van der Waals surface area contributed by atoms with E-state index in [9.17, 15) is 4.79 Å². The Morgan fingerprint density at radius 1 is 1.28 bits per heavy atom. The predicted octanol–water partition coefficient (Wildman–Crippen LogP) is 3.13. The Bertz CT molecular complexity index is 867. The van der Waals surface area contributed by atoms with Gasteiger partial charge in [-0.25, -0.2) is 4.98 Å². The fraction of sp³-hybridized carbons (Fsp3) is 0.316. The Kier molecular flexibility index (Phi) is 4.09. The van der Waals surface area contributed by atoms with E-state index in [4.69, 9.17) is 0 Å². The number of nitrogens with zero attached hydrogens (tertiary/aromatic N) is 3. The molecular formula is C19H21N5O. The number of H-pyrrole nitrogens is 2. The number of carbonyl (C=O) groups is 1. The molecule has 1 amide bonds. The number of hydrogen-bond acceptors (Lipinski definition) is 3. The van der Waals surface area contributed by atoms with Crippen molar-refractivity contribution >= 4 is 5.91 Å². The maximum absolute atomic E-state index is 12.8. The largest absolute Gasteiger partial charge is 0.348 e. The summed E-state index contributed by atoms with van der Waals surface area (Å²) in [5.41, 5.74) is 4.73. The fourth-order valence-corrected chi connectivity index (χ4v) is 3.58. The standard InChI is InChI=1S/C19H21N5O/c1-13-17(21-12-20-13)19(25)24-9-5-8-15(11-24)18-16(10-22-23-18)14-6-3-2-4-7-14/h2-4,6-7,10,12,15H,5,8-9,11H2,1H3,(H,20,21)(H,22,23)/t15-/m1/s1. The van der Waals surface area contributed by atoms with Crippen molar-refractivity contribution in [2.45, 2.75) is 25.7 Å². The van der Waals surface area contributed by atoms with Crippen LogP contribution >= 0.6 is 0 Å². The van der Waals surface area contributed by atoms with Crippen LogP contribution in [0.1, 0.15) is 40.6 Å². The SMILES string of the molecule is Cc1[nH]cnc1C(=O)N1CCC[C@@H](c2[nH]ncc2-c2ccccc2)C1. The number of likely N-dealkylation sites (tertiary alicyclic amines) is 1. The zero-order valence-electron chi connectivity index (χ0n) is 14.2. The number of imidazole rings is 1. The van der Waals surface area contributed by atoms with Crippen LogP contribution in [0.15, 0.2) is 42.9 Å². The first-order valence-electron chi connectivity index (χ1n) is 8.62. The third-order valence-electron chi connectivity index (χ3n) is 4.90. The summed E-state index contributed by atoms with van der Waals surface area (Å²) in [6.07, 6.45) is 5.48. The Hall–Kier alpha value is -2.89. The Labute approximate surface area is 146 Å². The Morgan fingerprint density at radius 3 is 2.88 bits per heavy atom. The van der Waals surface area contributed by atoms with Crippen molar-refractivity contribution in [3.8, 4) is 11.1 Å². The van der Waals surface area contributed by atoms with Crippen molar-refractivity contribution in [3.63, 3.8) is 0 Å². The van der Waals surface area contributed by atoms with Crippen molar-refractivity contribution in [3.05, 3.63) is 59.9 Å². The maximum atomic E-state index is 12.8. The molecule has 2 N–H and O–H groups in total. The topological polar surface area (TPSA) is 77.7 Å². The van der Waals surface area contributed by atoms with Gasteiger partial charge >= 0.3 is 0 Å². The summed E-state index contributed by atoms with van der Waals surface area (Å²) < 4.78 is 0. The first-order chi connectivity index (χ1) is 12.2. The highest BCUT2D eigenvalue weighted by molar-refractivity contribution is 5.93. The molecule has 0 aliphatic carbocycles. The molecule has 2 aromatic heterocycles. The molecule has 1 fully saturated rings. The number of benzene rings is 1. The molecule has 1 aliphatic heterocycles. The molecular weight excluding hydrogens is 314 g/mol. The van der Waals surface area contributed by atoms with Crippen LogP contribution < -0.4 is 0 Å². The minimum atomic E-state index is 0.00391. The summed E-state index contributed by atoms with van der Waals surface area (Å²) in [5.74, 6) is 0.263. The smallest absolute Gasteiger partial charge is 0.274 e. The molecule has 128 valence electrons. The molecule has 3 heterocycles. The molecule has 0 bridgehead atoms. The summed E-state index contributed by atoms with van der Waals surface area (Å²) in [5, 5.41) is 7.43. The van der Waals surface area contributed by atoms with E-state index in [1.807, 2.05) is 36.2 Å². The van der Waals surface area contributed by atoms with Gasteiger partial charge in [-0.2, -0.15) is 5.10 Å². The number of aryl methyl sites for hydroxylation is 1. The second-order valence-corrected chi connectivity index (χ2v) is 6.53. The average Bonchev–Trinajstić information content (AvgIpc) is 3.31. The zero-order chi connectivity index (χ0) is 17.2. The molecule has 0 spiro atoms. The summed E-state index contributed by atoms with van der Waals surface area (Å²) in [7, 11) is 0. The van der Waals surface area contributed by atoms with Crippen LogP contribution in [0, 0.1) is 6.92 Å². The summed E-state index contributed by atoms with van der Waals surface area (Å²) in [6.45, 7) is 3.34. The maximum Gasteiger partial charge on any atom is 0.274 e. The zero-order valence-corrected chi connectivity index (χ0v) is 14.2. The molecule has 25 heavy (non-hydrogen) atoms. The fourth-order valence-electron chi connectivity index (χ4n) is 3.58. The lowest BCUT2D eigenvalue weighted by molar-refractivity contribution is 0.0700. The molecule has 1 saturated heterocycles. The van der Waals surface area contributed by atoms with Crippen molar-refractivity contribution in [1.29, 1.82) is 0 Å². The summed E-state index contributed by atoms with van der Waals surface area (Å²) in [4.78, 5) is 21.8. The predicted molar refractivity (Wildman–Crippen MR) is 95.2 cm³/mol. The third kappa shape index (κ3) is 2.95. The first-order valence-corrected chi connectivity index (χ1v) is 8.62. The van der Waals surface area contributed by atoms with Gasteiger partial charge in [-0.1, -0.05) is 30.3 Å². The van der Waals surface area contributed by atoms with E-state index in [-0.39, 0.29) is 11.8 Å². The lowest BCUT2D eigenvalue weighted by Gasteiger charge is -2.32. The Morgan fingerprint density at radius 2 is 2.12 bits per heavy atom. The molecule has 0 radical (unpaired) electrons. The number of hydrogen-bond donors (Lipinski definition) is 2. The van der Waals surface area contributed by atoms with Gasteiger partial charge in [0.1, 0.15) is 5.69 Å². The molecule has 6 heteroatoms. The van der Waals surface area contributed by atoms with Gasteiger partial charge in [0.25, 0.3) is 5.91 Å². The van der Waals surface area contributed by atoms with Crippen molar-refractivity contribution in [1.82, 2.24) is 25.1 Å². The van der Waals surface area contributed by atoms with E-state index >= 15 is 0 Å². The third-order valence-corrected chi connectivity index (χ3v) is 4.90. The lowest BCUT2D eigenvalue weighted by atomic mass is 9.90. The first kappa shape index (κ1) is 15.6. The van der Waals surface area contributed by atoms with Crippen molar-refractivity contribution in [2.24, 2.45) is 0 Å². The van der Waals surface area contributed by atoms with Gasteiger partial charge in [-0.05, 0) is 25.3 Å². The lowest BCUT2D eigenvalue weighted by Crippen LogP contribution is -2.39. The monoisotopic (exact) mass is 335 g/mol. The van der Waals surface area contributed by atoms with E-state index in [0.717, 1.165) is 41.9 Å². The van der Waals surface area contributed by atoms with Gasteiger partial charge in [0, 0.05) is 36.0 Å². The highest BCUT2D eigenvalue weighted by atomic mass is 16.2. The number of rotatable bonds is 3. The number of carbonyl (C=O) groups excluding carboxylic acids is 1. The Balaban J connectivity index is 1.58. The molecule has 3 aromatic rings. The van der Waals surface area contributed by atoms with Crippen LogP contribution in [0.3, 0.4) is 0 Å². The molecule has 1 aromatic carbocycles. The van der Waals surface area contributed by atoms with E-state index in [2.05, 4.69) is 32.3 Å². The number of aromatic amines is 2. The van der Waals surface area contributed by atoms with Gasteiger partial charge < -0.3 is 9.88 Å². The van der Waals surface area contributed by atoms with Gasteiger partial charge in [0.15, 0.2) is 0 Å². The molecule has 1 aliphatic rings. The highest BCUT2D eigenvalue weighted by Crippen LogP contribution is 2.33. The number of amides is 1. The second-order valence-electron chi connectivity index (χ2n) is 6.53.